The largest absolute Gasteiger partial charge is 0.383 e. The number of amides is 1. The molecule has 1 aliphatic heterocycles. The van der Waals surface area contributed by atoms with Crippen LogP contribution in [0.3, 0.4) is 0 Å². The third kappa shape index (κ3) is 5.87. The molecule has 1 aliphatic rings. The van der Waals surface area contributed by atoms with Crippen LogP contribution < -0.4 is 5.32 Å². The van der Waals surface area contributed by atoms with Crippen molar-refractivity contribution in [3.05, 3.63) is 47.8 Å². The Kier molecular flexibility index (Phi) is 7.36. The molecule has 7 heteroatoms. The number of hydrogen-bond acceptors (Lipinski definition) is 5. The number of benzene rings is 1. The summed E-state index contributed by atoms with van der Waals surface area (Å²) in [5.41, 5.74) is 1.76. The fourth-order valence-corrected chi connectivity index (χ4v) is 3.59. The summed E-state index contributed by atoms with van der Waals surface area (Å²) in [5, 5.41) is 10.9. The van der Waals surface area contributed by atoms with E-state index in [-0.39, 0.29) is 5.91 Å². The lowest BCUT2D eigenvalue weighted by Crippen LogP contribution is -2.34. The highest BCUT2D eigenvalue weighted by Gasteiger charge is 2.25. The highest BCUT2D eigenvalue weighted by atomic mass is 16.5. The SMILES string of the molecule is COCCNC(=O)c1cn(C[C@@H]2CCCN2CCCc2ccccc2)nn1. The van der Waals surface area contributed by atoms with Gasteiger partial charge in [0.15, 0.2) is 5.69 Å². The number of nitrogens with one attached hydrogen (secondary N) is 1. The van der Waals surface area contributed by atoms with Gasteiger partial charge in [0.2, 0.25) is 0 Å². The predicted molar refractivity (Wildman–Crippen MR) is 104 cm³/mol. The van der Waals surface area contributed by atoms with Crippen molar-refractivity contribution in [2.45, 2.75) is 38.3 Å². The molecule has 2 heterocycles. The monoisotopic (exact) mass is 371 g/mol. The summed E-state index contributed by atoms with van der Waals surface area (Å²) < 4.78 is 6.73. The topological polar surface area (TPSA) is 72.3 Å². The zero-order valence-corrected chi connectivity index (χ0v) is 16.0. The highest BCUT2D eigenvalue weighted by Crippen LogP contribution is 2.19. The molecule has 1 aromatic heterocycles. The van der Waals surface area contributed by atoms with E-state index in [1.54, 1.807) is 18.0 Å². The van der Waals surface area contributed by atoms with Crippen molar-refractivity contribution in [2.75, 3.05) is 33.4 Å². The van der Waals surface area contributed by atoms with Gasteiger partial charge in [-0.25, -0.2) is 0 Å². The summed E-state index contributed by atoms with van der Waals surface area (Å²) in [6.07, 6.45) is 6.39. The maximum atomic E-state index is 12.0. The average molecular weight is 371 g/mol. The van der Waals surface area contributed by atoms with Crippen molar-refractivity contribution < 1.29 is 9.53 Å². The number of carbonyl (C=O) groups is 1. The molecule has 0 spiro atoms. The molecule has 0 saturated carbocycles. The second kappa shape index (κ2) is 10.2. The van der Waals surface area contributed by atoms with Gasteiger partial charge in [0.05, 0.1) is 19.3 Å². The predicted octanol–water partition coefficient (Wildman–Crippen LogP) is 1.75. The number of nitrogens with zero attached hydrogens (tertiary/aromatic N) is 4. The minimum Gasteiger partial charge on any atom is -0.383 e. The van der Waals surface area contributed by atoms with E-state index >= 15 is 0 Å². The Morgan fingerprint density at radius 3 is 3.00 bits per heavy atom. The van der Waals surface area contributed by atoms with E-state index in [1.165, 1.54) is 18.4 Å². The number of aryl methyl sites for hydroxylation is 1. The van der Waals surface area contributed by atoms with Crippen molar-refractivity contribution in [3.63, 3.8) is 0 Å². The second-order valence-electron chi connectivity index (χ2n) is 7.00. The van der Waals surface area contributed by atoms with Crippen LogP contribution in [0.1, 0.15) is 35.3 Å². The summed E-state index contributed by atoms with van der Waals surface area (Å²) in [5.74, 6) is -0.204. The van der Waals surface area contributed by atoms with Gasteiger partial charge >= 0.3 is 0 Å². The summed E-state index contributed by atoms with van der Waals surface area (Å²) in [6, 6.07) is 11.1. The fourth-order valence-electron chi connectivity index (χ4n) is 3.59. The van der Waals surface area contributed by atoms with E-state index in [4.69, 9.17) is 4.74 Å². The van der Waals surface area contributed by atoms with Gasteiger partial charge in [0.25, 0.3) is 5.91 Å². The van der Waals surface area contributed by atoms with Gasteiger partial charge in [-0.05, 0) is 44.3 Å². The molecule has 1 fully saturated rings. The Hall–Kier alpha value is -2.25. The number of hydrogen-bond donors (Lipinski definition) is 1. The summed E-state index contributed by atoms with van der Waals surface area (Å²) >= 11 is 0. The normalized spacial score (nSPS) is 17.3. The van der Waals surface area contributed by atoms with Gasteiger partial charge in [-0.2, -0.15) is 0 Å². The van der Waals surface area contributed by atoms with Gasteiger partial charge in [-0.3, -0.25) is 14.4 Å². The molecule has 0 aliphatic carbocycles. The Balaban J connectivity index is 1.46. The molecule has 27 heavy (non-hydrogen) atoms. The van der Waals surface area contributed by atoms with Crippen LogP contribution in [0.15, 0.2) is 36.5 Å². The van der Waals surface area contributed by atoms with Gasteiger partial charge < -0.3 is 10.1 Å². The average Bonchev–Trinajstić information content (AvgIpc) is 3.33. The number of rotatable bonds is 10. The lowest BCUT2D eigenvalue weighted by Gasteiger charge is -2.24. The van der Waals surface area contributed by atoms with Crippen LogP contribution >= 0.6 is 0 Å². The minimum atomic E-state index is -0.204. The van der Waals surface area contributed by atoms with Crippen molar-refractivity contribution in [2.24, 2.45) is 0 Å². The third-order valence-corrected chi connectivity index (χ3v) is 5.01. The lowest BCUT2D eigenvalue weighted by molar-refractivity contribution is 0.0932. The number of likely N-dealkylation sites (tertiary alicyclic amines) is 1. The van der Waals surface area contributed by atoms with Crippen LogP contribution in [-0.2, 0) is 17.7 Å². The van der Waals surface area contributed by atoms with Crippen molar-refractivity contribution in [1.29, 1.82) is 0 Å². The van der Waals surface area contributed by atoms with Gasteiger partial charge in [-0.1, -0.05) is 35.5 Å². The molecule has 1 N–H and O–H groups in total. The number of carbonyl (C=O) groups excluding carboxylic acids is 1. The molecule has 2 aromatic rings. The molecule has 1 atom stereocenters. The van der Waals surface area contributed by atoms with E-state index in [2.05, 4.69) is 50.9 Å². The summed E-state index contributed by atoms with van der Waals surface area (Å²) in [4.78, 5) is 14.6. The Morgan fingerprint density at radius 1 is 1.33 bits per heavy atom. The van der Waals surface area contributed by atoms with Crippen LogP contribution in [0, 0.1) is 0 Å². The van der Waals surface area contributed by atoms with Crippen LogP contribution in [0.25, 0.3) is 0 Å². The quantitative estimate of drug-likeness (QED) is 0.644. The molecular weight excluding hydrogens is 342 g/mol. The Morgan fingerprint density at radius 2 is 2.19 bits per heavy atom. The first-order valence-electron chi connectivity index (χ1n) is 9.71. The van der Waals surface area contributed by atoms with Crippen molar-refractivity contribution in [1.82, 2.24) is 25.2 Å². The summed E-state index contributed by atoms with van der Waals surface area (Å²) in [6.45, 7) is 3.97. The first kappa shape index (κ1) is 19.5. The zero-order chi connectivity index (χ0) is 18.9. The molecule has 0 bridgehead atoms. The van der Waals surface area contributed by atoms with Crippen molar-refractivity contribution >= 4 is 5.91 Å². The van der Waals surface area contributed by atoms with E-state index in [1.807, 2.05) is 0 Å². The number of ether oxygens (including phenoxy) is 1. The molecule has 0 unspecified atom stereocenters. The third-order valence-electron chi connectivity index (χ3n) is 5.01. The first-order chi connectivity index (χ1) is 13.3. The zero-order valence-electron chi connectivity index (χ0n) is 16.0. The first-order valence-corrected chi connectivity index (χ1v) is 9.71. The smallest absolute Gasteiger partial charge is 0.273 e. The maximum absolute atomic E-state index is 12.0. The summed E-state index contributed by atoms with van der Waals surface area (Å²) in [7, 11) is 1.61. The lowest BCUT2D eigenvalue weighted by atomic mass is 10.1. The van der Waals surface area contributed by atoms with Crippen molar-refractivity contribution in [3.8, 4) is 0 Å². The molecule has 7 nitrogen and oxygen atoms in total. The molecule has 3 rings (SSSR count). The van der Waals surface area contributed by atoms with Crippen LogP contribution in [0.5, 0.6) is 0 Å². The number of aromatic nitrogens is 3. The van der Waals surface area contributed by atoms with Crippen LogP contribution in [0.2, 0.25) is 0 Å². The van der Waals surface area contributed by atoms with Gasteiger partial charge in [0.1, 0.15) is 0 Å². The second-order valence-corrected chi connectivity index (χ2v) is 7.00. The van der Waals surface area contributed by atoms with E-state index < -0.39 is 0 Å². The molecule has 1 aromatic carbocycles. The fraction of sp³-hybridized carbons (Fsp3) is 0.550. The van der Waals surface area contributed by atoms with Crippen LogP contribution in [-0.4, -0.2) is 65.2 Å². The molecule has 146 valence electrons. The van der Waals surface area contributed by atoms with Gasteiger partial charge in [0, 0.05) is 19.7 Å². The number of methoxy groups -OCH3 is 1. The Bertz CT molecular complexity index is 703. The van der Waals surface area contributed by atoms with E-state index in [0.717, 1.165) is 32.5 Å². The van der Waals surface area contributed by atoms with E-state index in [0.29, 0.717) is 24.9 Å². The Labute approximate surface area is 160 Å². The standard InChI is InChI=1S/C20H29N5O2/c1-27-14-11-21-20(26)19-16-25(23-22-19)15-18-10-6-13-24(18)12-5-9-17-7-3-2-4-8-17/h2-4,7-8,16,18H,5-6,9-15H2,1H3,(H,21,26)/t18-/m0/s1. The van der Waals surface area contributed by atoms with E-state index in [9.17, 15) is 4.79 Å². The molecule has 1 amide bonds. The maximum Gasteiger partial charge on any atom is 0.273 e. The van der Waals surface area contributed by atoms with Crippen LogP contribution in [0.4, 0.5) is 0 Å². The highest BCUT2D eigenvalue weighted by molar-refractivity contribution is 5.91. The minimum absolute atomic E-state index is 0.204. The molecule has 1 saturated heterocycles. The van der Waals surface area contributed by atoms with Gasteiger partial charge in [-0.15, -0.1) is 5.10 Å². The molecular formula is C20H29N5O2. The molecule has 0 radical (unpaired) electrons.